The molecule has 2 aliphatic rings. The van der Waals surface area contributed by atoms with Crippen LogP contribution in [0.1, 0.15) is 49.9 Å². The molecule has 4 rings (SSSR count). The number of benzene rings is 1. The summed E-state index contributed by atoms with van der Waals surface area (Å²) >= 11 is 0. The lowest BCUT2D eigenvalue weighted by molar-refractivity contribution is -0.183. The van der Waals surface area contributed by atoms with Crippen molar-refractivity contribution in [2.45, 2.75) is 57.5 Å². The molecule has 2 N–H and O–H groups in total. The number of aromatic nitrogens is 2. The van der Waals surface area contributed by atoms with E-state index in [0.717, 1.165) is 48.2 Å². The molecule has 152 valence electrons. The molecule has 2 fully saturated rings. The summed E-state index contributed by atoms with van der Waals surface area (Å²) in [5.74, 6) is 0.116. The largest absolute Gasteiger partial charge is 0.391 e. The Morgan fingerprint density at radius 1 is 1.07 bits per heavy atom. The van der Waals surface area contributed by atoms with E-state index in [1.807, 2.05) is 18.2 Å². The van der Waals surface area contributed by atoms with E-state index in [1.54, 1.807) is 0 Å². The summed E-state index contributed by atoms with van der Waals surface area (Å²) in [5, 5.41) is 2.92. The van der Waals surface area contributed by atoms with Gasteiger partial charge in [0.15, 0.2) is 0 Å². The van der Waals surface area contributed by atoms with Gasteiger partial charge in [0, 0.05) is 18.9 Å². The zero-order valence-electron chi connectivity index (χ0n) is 15.8. The van der Waals surface area contributed by atoms with Gasteiger partial charge in [-0.15, -0.1) is 0 Å². The van der Waals surface area contributed by atoms with Crippen LogP contribution >= 0.6 is 0 Å². The van der Waals surface area contributed by atoms with Crippen LogP contribution in [0.15, 0.2) is 18.2 Å². The van der Waals surface area contributed by atoms with E-state index in [2.05, 4.69) is 15.3 Å². The van der Waals surface area contributed by atoms with Gasteiger partial charge in [-0.3, -0.25) is 4.79 Å². The minimum Gasteiger partial charge on any atom is -0.356 e. The molecule has 1 aliphatic heterocycles. The normalized spacial score (nSPS) is 26.4. The van der Waals surface area contributed by atoms with Gasteiger partial charge in [0.05, 0.1) is 17.0 Å². The monoisotopic (exact) mass is 393 g/mol. The van der Waals surface area contributed by atoms with E-state index >= 15 is 0 Å². The van der Waals surface area contributed by atoms with E-state index in [1.165, 1.54) is 0 Å². The number of nitrogens with zero attached hydrogens (tertiary/aromatic N) is 1. The van der Waals surface area contributed by atoms with Gasteiger partial charge in [0.25, 0.3) is 0 Å². The van der Waals surface area contributed by atoms with Gasteiger partial charge in [0.1, 0.15) is 5.82 Å². The average molecular weight is 393 g/mol. The Bertz CT molecular complexity index is 837. The summed E-state index contributed by atoms with van der Waals surface area (Å²) in [6.07, 6.45) is 0.936. The van der Waals surface area contributed by atoms with Crippen molar-refractivity contribution in [2.24, 2.45) is 17.8 Å². The highest BCUT2D eigenvalue weighted by atomic mass is 19.4. The van der Waals surface area contributed by atoms with Gasteiger partial charge in [0.2, 0.25) is 5.91 Å². The zero-order chi connectivity index (χ0) is 19.7. The van der Waals surface area contributed by atoms with Gasteiger partial charge in [-0.25, -0.2) is 4.98 Å². The molecule has 2 aromatic rings. The Labute approximate surface area is 162 Å². The van der Waals surface area contributed by atoms with Crippen LogP contribution in [0.4, 0.5) is 13.2 Å². The molecule has 1 aromatic heterocycles. The number of carbonyl (C=O) groups excluding carboxylic acids is 1. The topological polar surface area (TPSA) is 57.8 Å². The molecule has 0 spiro atoms. The second kappa shape index (κ2) is 7.76. The Kier molecular flexibility index (Phi) is 5.34. The molecular weight excluding hydrogens is 367 g/mol. The standard InChI is InChI=1S/C21H26F3N3O/c22-21(23,24)16-6-3-13(4-7-16)12-19-26-17-8-5-14(11-18(17)27-19)10-15-2-1-9-25-20(15)28/h5,8,11,13,15-16H,1-4,6-7,9-10,12H2,(H,25,28)(H,26,27). The molecule has 1 saturated heterocycles. The molecule has 4 nitrogen and oxygen atoms in total. The highest BCUT2D eigenvalue weighted by Crippen LogP contribution is 2.40. The highest BCUT2D eigenvalue weighted by molar-refractivity contribution is 5.80. The lowest BCUT2D eigenvalue weighted by atomic mass is 9.80. The number of piperidine rings is 1. The van der Waals surface area contributed by atoms with Gasteiger partial charge in [-0.1, -0.05) is 6.07 Å². The highest BCUT2D eigenvalue weighted by Gasteiger charge is 2.41. The molecule has 1 amide bonds. The van der Waals surface area contributed by atoms with Crippen LogP contribution in [0.5, 0.6) is 0 Å². The maximum Gasteiger partial charge on any atom is 0.391 e. The summed E-state index contributed by atoms with van der Waals surface area (Å²) in [6, 6.07) is 6.03. The minimum atomic E-state index is -4.06. The fraction of sp³-hybridized carbons (Fsp3) is 0.619. The van der Waals surface area contributed by atoms with Crippen LogP contribution in [0, 0.1) is 17.8 Å². The van der Waals surface area contributed by atoms with E-state index in [0.29, 0.717) is 19.3 Å². The van der Waals surface area contributed by atoms with Gasteiger partial charge < -0.3 is 10.3 Å². The second-order valence-electron chi connectivity index (χ2n) is 8.33. The SMILES string of the molecule is O=C1NCCCC1Cc1ccc2nc(CC3CCC(C(F)(F)F)CC3)[nH]c2c1. The molecule has 2 heterocycles. The van der Waals surface area contributed by atoms with Crippen LogP contribution in [-0.4, -0.2) is 28.6 Å². The number of hydrogen-bond acceptors (Lipinski definition) is 2. The number of nitrogens with one attached hydrogen (secondary N) is 2. The van der Waals surface area contributed by atoms with Crippen molar-refractivity contribution in [3.8, 4) is 0 Å². The van der Waals surface area contributed by atoms with Crippen molar-refractivity contribution >= 4 is 16.9 Å². The predicted octanol–water partition coefficient (Wildman–Crippen LogP) is 4.54. The van der Waals surface area contributed by atoms with E-state index in [9.17, 15) is 18.0 Å². The van der Waals surface area contributed by atoms with Crippen molar-refractivity contribution < 1.29 is 18.0 Å². The van der Waals surface area contributed by atoms with E-state index < -0.39 is 12.1 Å². The Hall–Kier alpha value is -2.05. The quantitative estimate of drug-likeness (QED) is 0.801. The minimum absolute atomic E-state index is 0.0254. The van der Waals surface area contributed by atoms with Crippen molar-refractivity contribution in [1.29, 1.82) is 0 Å². The molecule has 7 heteroatoms. The summed E-state index contributed by atoms with van der Waals surface area (Å²) in [4.78, 5) is 19.9. The number of carbonyl (C=O) groups is 1. The number of rotatable bonds is 4. The lowest BCUT2D eigenvalue weighted by Crippen LogP contribution is -2.37. The molecule has 28 heavy (non-hydrogen) atoms. The Balaban J connectivity index is 1.39. The van der Waals surface area contributed by atoms with Gasteiger partial charge >= 0.3 is 6.18 Å². The third-order valence-corrected chi connectivity index (χ3v) is 6.27. The lowest BCUT2D eigenvalue weighted by Gasteiger charge is -2.29. The number of halogens is 3. The predicted molar refractivity (Wildman–Crippen MR) is 101 cm³/mol. The summed E-state index contributed by atoms with van der Waals surface area (Å²) in [5.41, 5.74) is 2.92. The second-order valence-corrected chi connectivity index (χ2v) is 8.33. The number of alkyl halides is 3. The first kappa shape index (κ1) is 19.3. The number of amides is 1. The van der Waals surface area contributed by atoms with Crippen LogP contribution in [-0.2, 0) is 17.6 Å². The maximum absolute atomic E-state index is 12.8. The fourth-order valence-electron chi connectivity index (χ4n) is 4.62. The molecule has 1 aromatic carbocycles. The molecule has 0 bridgehead atoms. The Morgan fingerprint density at radius 3 is 2.57 bits per heavy atom. The van der Waals surface area contributed by atoms with E-state index in [4.69, 9.17) is 0 Å². The number of aromatic amines is 1. The van der Waals surface area contributed by atoms with Crippen molar-refractivity contribution in [1.82, 2.24) is 15.3 Å². The molecular formula is C21H26F3N3O. The van der Waals surface area contributed by atoms with Gasteiger partial charge in [-0.2, -0.15) is 13.2 Å². The van der Waals surface area contributed by atoms with Gasteiger partial charge in [-0.05, 0) is 68.6 Å². The number of H-pyrrole nitrogens is 1. The third kappa shape index (κ3) is 4.33. The first-order chi connectivity index (χ1) is 13.4. The Morgan fingerprint density at radius 2 is 1.86 bits per heavy atom. The molecule has 1 saturated carbocycles. The first-order valence-corrected chi connectivity index (χ1v) is 10.2. The van der Waals surface area contributed by atoms with Crippen LogP contribution in [0.2, 0.25) is 0 Å². The summed E-state index contributed by atoms with van der Waals surface area (Å²) in [6.45, 7) is 0.767. The zero-order valence-corrected chi connectivity index (χ0v) is 15.8. The number of fused-ring (bicyclic) bond motifs is 1. The first-order valence-electron chi connectivity index (χ1n) is 10.2. The van der Waals surface area contributed by atoms with Crippen LogP contribution < -0.4 is 5.32 Å². The maximum atomic E-state index is 12.8. The van der Waals surface area contributed by atoms with Crippen molar-refractivity contribution in [2.75, 3.05) is 6.54 Å². The molecule has 0 radical (unpaired) electrons. The summed E-state index contributed by atoms with van der Waals surface area (Å²) in [7, 11) is 0. The molecule has 1 aliphatic carbocycles. The smallest absolute Gasteiger partial charge is 0.356 e. The molecule has 1 unspecified atom stereocenters. The van der Waals surface area contributed by atoms with Crippen LogP contribution in [0.25, 0.3) is 11.0 Å². The third-order valence-electron chi connectivity index (χ3n) is 6.27. The van der Waals surface area contributed by atoms with E-state index in [-0.39, 0.29) is 30.6 Å². The summed E-state index contributed by atoms with van der Waals surface area (Å²) < 4.78 is 38.5. The number of imidazole rings is 1. The average Bonchev–Trinajstić information content (AvgIpc) is 3.05. The van der Waals surface area contributed by atoms with Crippen LogP contribution in [0.3, 0.4) is 0 Å². The van der Waals surface area contributed by atoms with Crippen molar-refractivity contribution in [3.63, 3.8) is 0 Å². The van der Waals surface area contributed by atoms with Crippen molar-refractivity contribution in [3.05, 3.63) is 29.6 Å². The fourth-order valence-corrected chi connectivity index (χ4v) is 4.62. The molecule has 1 atom stereocenters. The number of hydrogen-bond donors (Lipinski definition) is 2.